The first-order valence-corrected chi connectivity index (χ1v) is 3.51. The van der Waals surface area contributed by atoms with Crippen molar-refractivity contribution in [3.05, 3.63) is 11.6 Å². The molecule has 1 unspecified atom stereocenters. The summed E-state index contributed by atoms with van der Waals surface area (Å²) in [6.07, 6.45) is 6.43. The Morgan fingerprint density at radius 1 is 1.67 bits per heavy atom. The molecule has 0 N–H and O–H groups in total. The molecule has 0 saturated heterocycles. The zero-order chi connectivity index (χ0) is 5.98. The maximum absolute atomic E-state index is 2.37. The number of allylic oxidation sites excluding steroid dienone is 2. The summed E-state index contributed by atoms with van der Waals surface area (Å²) in [7, 11) is 0. The SMILES string of the molecule is C.CCC1CCC=C1C. The lowest BCUT2D eigenvalue weighted by Crippen LogP contribution is -1.92. The molecule has 0 bridgehead atoms. The molecule has 1 aliphatic rings. The summed E-state index contributed by atoms with van der Waals surface area (Å²) in [5.41, 5.74) is 1.62. The van der Waals surface area contributed by atoms with Crippen molar-refractivity contribution in [2.75, 3.05) is 0 Å². The van der Waals surface area contributed by atoms with E-state index in [0.717, 1.165) is 5.92 Å². The molecule has 0 aromatic carbocycles. The van der Waals surface area contributed by atoms with Crippen LogP contribution < -0.4 is 0 Å². The fourth-order valence-electron chi connectivity index (χ4n) is 1.43. The Hall–Kier alpha value is -0.260. The summed E-state index contributed by atoms with van der Waals surface area (Å²) in [6, 6.07) is 0. The van der Waals surface area contributed by atoms with E-state index in [1.165, 1.54) is 19.3 Å². The zero-order valence-electron chi connectivity index (χ0n) is 5.78. The second-order valence-electron chi connectivity index (χ2n) is 2.63. The highest BCUT2D eigenvalue weighted by Crippen LogP contribution is 2.27. The Balaban J connectivity index is 0.000000640. The molecule has 0 aliphatic heterocycles. The summed E-state index contributed by atoms with van der Waals surface area (Å²) in [5.74, 6) is 0.926. The maximum atomic E-state index is 2.37. The van der Waals surface area contributed by atoms with Gasteiger partial charge in [-0.1, -0.05) is 26.0 Å². The van der Waals surface area contributed by atoms with Crippen LogP contribution in [0.3, 0.4) is 0 Å². The first kappa shape index (κ1) is 8.74. The van der Waals surface area contributed by atoms with Crippen LogP contribution in [-0.2, 0) is 0 Å². The molecular weight excluding hydrogens is 108 g/mol. The van der Waals surface area contributed by atoms with Gasteiger partial charge in [0.1, 0.15) is 0 Å². The molecule has 9 heavy (non-hydrogen) atoms. The van der Waals surface area contributed by atoms with Crippen LogP contribution in [0.4, 0.5) is 0 Å². The lowest BCUT2D eigenvalue weighted by Gasteiger charge is -2.05. The van der Waals surface area contributed by atoms with E-state index in [1.807, 2.05) is 0 Å². The van der Waals surface area contributed by atoms with Crippen LogP contribution in [0.25, 0.3) is 0 Å². The molecule has 0 saturated carbocycles. The maximum Gasteiger partial charge on any atom is -0.0206 e. The third-order valence-electron chi connectivity index (χ3n) is 2.12. The number of rotatable bonds is 1. The Morgan fingerprint density at radius 2 is 2.33 bits per heavy atom. The number of hydrogen-bond acceptors (Lipinski definition) is 0. The van der Waals surface area contributed by atoms with E-state index in [0.29, 0.717) is 0 Å². The molecule has 0 fully saturated rings. The van der Waals surface area contributed by atoms with Crippen molar-refractivity contribution in [3.63, 3.8) is 0 Å². The van der Waals surface area contributed by atoms with Gasteiger partial charge < -0.3 is 0 Å². The van der Waals surface area contributed by atoms with Crippen LogP contribution in [0.5, 0.6) is 0 Å². The van der Waals surface area contributed by atoms with E-state index < -0.39 is 0 Å². The van der Waals surface area contributed by atoms with E-state index in [4.69, 9.17) is 0 Å². The van der Waals surface area contributed by atoms with Gasteiger partial charge in [-0.2, -0.15) is 0 Å². The van der Waals surface area contributed by atoms with E-state index in [1.54, 1.807) is 5.57 Å². The van der Waals surface area contributed by atoms with Crippen molar-refractivity contribution in [3.8, 4) is 0 Å². The lowest BCUT2D eigenvalue weighted by molar-refractivity contribution is 0.585. The topological polar surface area (TPSA) is 0 Å². The molecule has 0 amide bonds. The Morgan fingerprint density at radius 3 is 2.56 bits per heavy atom. The van der Waals surface area contributed by atoms with Crippen LogP contribution >= 0.6 is 0 Å². The zero-order valence-corrected chi connectivity index (χ0v) is 5.78. The van der Waals surface area contributed by atoms with Crippen LogP contribution in [0, 0.1) is 5.92 Å². The summed E-state index contributed by atoms with van der Waals surface area (Å²) >= 11 is 0. The summed E-state index contributed by atoms with van der Waals surface area (Å²) in [5, 5.41) is 0. The van der Waals surface area contributed by atoms with Crippen LogP contribution in [0.2, 0.25) is 0 Å². The molecule has 0 aromatic heterocycles. The standard InChI is InChI=1S/C8H14.CH4/c1-3-8-6-4-5-7(8)2;/h5,8H,3-4,6H2,1-2H3;1H4. The van der Waals surface area contributed by atoms with E-state index in [2.05, 4.69) is 19.9 Å². The quantitative estimate of drug-likeness (QED) is 0.472. The lowest BCUT2D eigenvalue weighted by atomic mass is 10.0. The van der Waals surface area contributed by atoms with Gasteiger partial charge in [-0.25, -0.2) is 0 Å². The van der Waals surface area contributed by atoms with Gasteiger partial charge in [0.15, 0.2) is 0 Å². The van der Waals surface area contributed by atoms with Crippen LogP contribution in [-0.4, -0.2) is 0 Å². The first-order valence-electron chi connectivity index (χ1n) is 3.51. The monoisotopic (exact) mass is 126 g/mol. The highest BCUT2D eigenvalue weighted by atomic mass is 14.2. The third-order valence-corrected chi connectivity index (χ3v) is 2.12. The van der Waals surface area contributed by atoms with E-state index >= 15 is 0 Å². The van der Waals surface area contributed by atoms with Gasteiger partial charge >= 0.3 is 0 Å². The van der Waals surface area contributed by atoms with Crippen LogP contribution in [0.15, 0.2) is 11.6 Å². The van der Waals surface area contributed by atoms with Crippen molar-refractivity contribution in [2.24, 2.45) is 5.92 Å². The van der Waals surface area contributed by atoms with Gasteiger partial charge in [-0.05, 0) is 32.1 Å². The molecule has 54 valence electrons. The van der Waals surface area contributed by atoms with Crippen molar-refractivity contribution in [1.82, 2.24) is 0 Å². The average Bonchev–Trinajstić information content (AvgIpc) is 2.14. The predicted octanol–water partition coefficient (Wildman–Crippen LogP) is 3.39. The van der Waals surface area contributed by atoms with E-state index in [-0.39, 0.29) is 7.43 Å². The van der Waals surface area contributed by atoms with Gasteiger partial charge in [0, 0.05) is 0 Å². The molecule has 0 aromatic rings. The molecule has 1 atom stereocenters. The van der Waals surface area contributed by atoms with Gasteiger partial charge in [-0.3, -0.25) is 0 Å². The minimum atomic E-state index is 0. The molecule has 0 radical (unpaired) electrons. The second kappa shape index (κ2) is 3.71. The normalized spacial score (nSPS) is 25.1. The largest absolute Gasteiger partial charge is 0.0853 e. The fraction of sp³-hybridized carbons (Fsp3) is 0.778. The summed E-state index contributed by atoms with van der Waals surface area (Å²) < 4.78 is 0. The van der Waals surface area contributed by atoms with Crippen molar-refractivity contribution in [2.45, 2.75) is 40.5 Å². The molecule has 0 spiro atoms. The molecule has 0 nitrogen and oxygen atoms in total. The third kappa shape index (κ3) is 1.85. The van der Waals surface area contributed by atoms with Crippen molar-refractivity contribution in [1.29, 1.82) is 0 Å². The van der Waals surface area contributed by atoms with Gasteiger partial charge in [0.2, 0.25) is 0 Å². The van der Waals surface area contributed by atoms with Crippen molar-refractivity contribution >= 4 is 0 Å². The van der Waals surface area contributed by atoms with Crippen LogP contribution in [0.1, 0.15) is 40.5 Å². The molecule has 0 heteroatoms. The fourth-order valence-corrected chi connectivity index (χ4v) is 1.43. The first-order chi connectivity index (χ1) is 3.84. The van der Waals surface area contributed by atoms with Crippen molar-refractivity contribution < 1.29 is 0 Å². The number of hydrogen-bond donors (Lipinski definition) is 0. The molecular formula is C9H18. The van der Waals surface area contributed by atoms with Gasteiger partial charge in [0.05, 0.1) is 0 Å². The molecule has 1 aliphatic carbocycles. The van der Waals surface area contributed by atoms with Gasteiger partial charge in [-0.15, -0.1) is 0 Å². The highest BCUT2D eigenvalue weighted by Gasteiger charge is 2.11. The Bertz CT molecular complexity index is 101. The van der Waals surface area contributed by atoms with Gasteiger partial charge in [0.25, 0.3) is 0 Å². The summed E-state index contributed by atoms with van der Waals surface area (Å²) in [4.78, 5) is 0. The summed E-state index contributed by atoms with van der Waals surface area (Å²) in [6.45, 7) is 4.52. The minimum Gasteiger partial charge on any atom is -0.0853 e. The predicted molar refractivity (Wildman–Crippen MR) is 43.5 cm³/mol. The Labute approximate surface area is 59.0 Å². The molecule has 0 heterocycles. The second-order valence-corrected chi connectivity index (χ2v) is 2.63. The minimum absolute atomic E-state index is 0. The Kier molecular flexibility index (Phi) is 3.60. The smallest absolute Gasteiger partial charge is 0.0206 e. The molecule has 1 rings (SSSR count). The highest BCUT2D eigenvalue weighted by molar-refractivity contribution is 5.08. The average molecular weight is 126 g/mol. The van der Waals surface area contributed by atoms with E-state index in [9.17, 15) is 0 Å².